The molecule has 0 saturated carbocycles. The lowest BCUT2D eigenvalue weighted by Gasteiger charge is -2.38. The van der Waals surface area contributed by atoms with Gasteiger partial charge in [-0.25, -0.2) is 4.98 Å². The zero-order chi connectivity index (χ0) is 22.5. The summed E-state index contributed by atoms with van der Waals surface area (Å²) in [6.07, 6.45) is -1.23. The average Bonchev–Trinajstić information content (AvgIpc) is 3.38. The van der Waals surface area contributed by atoms with E-state index in [4.69, 9.17) is 0 Å². The van der Waals surface area contributed by atoms with Gasteiger partial charge in [0.25, 0.3) is 5.91 Å². The molecule has 3 aromatic rings. The summed E-state index contributed by atoms with van der Waals surface area (Å²) in [5.41, 5.74) is -0.193. The summed E-state index contributed by atoms with van der Waals surface area (Å²) in [4.78, 5) is 36.0. The Balaban J connectivity index is 0.00000259. The standard InChI is InChI=1S/C23H21F3N4O2.H2/c24-23(25,26)18-2-1-3-19(28-18)30-13-9-22(21(30)32)7-11-29(12-8-22)20(31)16-5-4-15-6-10-27-17(15)14-16;/h1-6,10,14,27H,7-9,11-13H2;1H. The van der Waals surface area contributed by atoms with Crippen LogP contribution in [0.25, 0.3) is 10.9 Å². The van der Waals surface area contributed by atoms with Crippen LogP contribution in [0.3, 0.4) is 0 Å². The molecule has 0 aliphatic carbocycles. The Morgan fingerprint density at radius 1 is 1.06 bits per heavy atom. The number of carbonyl (C=O) groups excluding carboxylic acids is 2. The van der Waals surface area contributed by atoms with E-state index in [1.807, 2.05) is 24.4 Å². The predicted octanol–water partition coefficient (Wildman–Crippen LogP) is 4.49. The molecule has 9 heteroatoms. The third-order valence-electron chi connectivity index (χ3n) is 6.62. The molecule has 2 fully saturated rings. The summed E-state index contributed by atoms with van der Waals surface area (Å²) in [5, 5.41) is 1.03. The van der Waals surface area contributed by atoms with Gasteiger partial charge in [0.2, 0.25) is 5.91 Å². The summed E-state index contributed by atoms with van der Waals surface area (Å²) >= 11 is 0. The zero-order valence-electron chi connectivity index (χ0n) is 17.2. The topological polar surface area (TPSA) is 69.3 Å². The van der Waals surface area contributed by atoms with Gasteiger partial charge in [0.15, 0.2) is 0 Å². The van der Waals surface area contributed by atoms with Crippen LogP contribution in [-0.2, 0) is 11.0 Å². The van der Waals surface area contributed by atoms with Crippen LogP contribution in [0, 0.1) is 5.41 Å². The molecule has 6 nitrogen and oxygen atoms in total. The van der Waals surface area contributed by atoms with Gasteiger partial charge in [0.05, 0.1) is 5.41 Å². The van der Waals surface area contributed by atoms with Crippen LogP contribution >= 0.6 is 0 Å². The van der Waals surface area contributed by atoms with E-state index in [2.05, 4.69) is 9.97 Å². The van der Waals surface area contributed by atoms with E-state index >= 15 is 0 Å². The Hall–Kier alpha value is -3.36. The highest BCUT2D eigenvalue weighted by molar-refractivity contribution is 6.00. The number of piperidine rings is 1. The predicted molar refractivity (Wildman–Crippen MR) is 114 cm³/mol. The second-order valence-electron chi connectivity index (χ2n) is 8.44. The molecule has 1 N–H and O–H groups in total. The lowest BCUT2D eigenvalue weighted by Crippen LogP contribution is -2.46. The maximum Gasteiger partial charge on any atom is 0.433 e. The first-order valence-corrected chi connectivity index (χ1v) is 10.5. The van der Waals surface area contributed by atoms with Crippen molar-refractivity contribution in [1.82, 2.24) is 14.9 Å². The molecule has 32 heavy (non-hydrogen) atoms. The Kier molecular flexibility index (Phi) is 4.72. The number of H-pyrrole nitrogens is 1. The summed E-state index contributed by atoms with van der Waals surface area (Å²) in [5.74, 6) is -0.262. The minimum Gasteiger partial charge on any atom is -0.361 e. The molecule has 1 spiro atoms. The average molecular weight is 444 g/mol. The number of pyridine rings is 1. The fourth-order valence-electron chi connectivity index (χ4n) is 4.74. The molecule has 2 aliphatic rings. The normalized spacial score (nSPS) is 18.7. The van der Waals surface area contributed by atoms with E-state index in [1.54, 1.807) is 11.0 Å². The fraction of sp³-hybridized carbons (Fsp3) is 0.348. The zero-order valence-corrected chi connectivity index (χ0v) is 17.2. The molecule has 0 atom stereocenters. The monoisotopic (exact) mass is 444 g/mol. The number of hydrogen-bond donors (Lipinski definition) is 1. The van der Waals surface area contributed by atoms with E-state index in [1.165, 1.54) is 17.0 Å². The second kappa shape index (κ2) is 7.36. The van der Waals surface area contributed by atoms with Crippen LogP contribution in [0.2, 0.25) is 0 Å². The van der Waals surface area contributed by atoms with Crippen molar-refractivity contribution in [2.75, 3.05) is 24.5 Å². The number of hydrogen-bond acceptors (Lipinski definition) is 3. The Morgan fingerprint density at radius 3 is 2.56 bits per heavy atom. The van der Waals surface area contributed by atoms with Crippen LogP contribution < -0.4 is 4.90 Å². The summed E-state index contributed by atoms with van der Waals surface area (Å²) < 4.78 is 39.1. The number of carbonyl (C=O) groups is 2. The molecule has 168 valence electrons. The molecule has 0 radical (unpaired) electrons. The molecule has 5 rings (SSSR count). The van der Waals surface area contributed by atoms with E-state index in [-0.39, 0.29) is 19.1 Å². The number of aromatic amines is 1. The van der Waals surface area contributed by atoms with Gasteiger partial charge in [-0.15, -0.1) is 0 Å². The Bertz CT molecular complexity index is 1200. The highest BCUT2D eigenvalue weighted by Gasteiger charge is 2.49. The molecule has 2 amide bonds. The lowest BCUT2D eigenvalue weighted by atomic mass is 9.77. The number of halogens is 3. The van der Waals surface area contributed by atoms with E-state index in [0.29, 0.717) is 44.5 Å². The molecule has 2 saturated heterocycles. The van der Waals surface area contributed by atoms with Crippen molar-refractivity contribution in [3.8, 4) is 0 Å². The highest BCUT2D eigenvalue weighted by Crippen LogP contribution is 2.43. The van der Waals surface area contributed by atoms with Crippen molar-refractivity contribution in [1.29, 1.82) is 0 Å². The van der Waals surface area contributed by atoms with E-state index in [9.17, 15) is 22.8 Å². The number of amides is 2. The number of benzene rings is 1. The second-order valence-corrected chi connectivity index (χ2v) is 8.44. The van der Waals surface area contributed by atoms with Gasteiger partial charge in [-0.2, -0.15) is 13.2 Å². The van der Waals surface area contributed by atoms with Crippen LogP contribution in [0.15, 0.2) is 48.7 Å². The molecule has 0 bridgehead atoms. The third-order valence-corrected chi connectivity index (χ3v) is 6.62. The van der Waals surface area contributed by atoms with Crippen LogP contribution in [0.5, 0.6) is 0 Å². The number of fused-ring (bicyclic) bond motifs is 1. The van der Waals surface area contributed by atoms with Gasteiger partial charge in [0, 0.05) is 38.3 Å². The highest BCUT2D eigenvalue weighted by atomic mass is 19.4. The summed E-state index contributed by atoms with van der Waals surface area (Å²) in [6, 6.07) is 11.0. The minimum atomic E-state index is -4.56. The molecular weight excluding hydrogens is 421 g/mol. The van der Waals surface area contributed by atoms with Crippen LogP contribution in [0.4, 0.5) is 19.0 Å². The first kappa shape index (κ1) is 20.5. The van der Waals surface area contributed by atoms with Crippen LogP contribution in [-0.4, -0.2) is 46.3 Å². The van der Waals surface area contributed by atoms with Crippen molar-refractivity contribution in [3.05, 3.63) is 59.9 Å². The fourth-order valence-corrected chi connectivity index (χ4v) is 4.74. The van der Waals surface area contributed by atoms with Gasteiger partial charge in [-0.3, -0.25) is 14.5 Å². The Morgan fingerprint density at radius 2 is 1.81 bits per heavy atom. The maximum absolute atomic E-state index is 13.2. The largest absolute Gasteiger partial charge is 0.433 e. The first-order valence-electron chi connectivity index (χ1n) is 10.5. The third kappa shape index (κ3) is 3.41. The van der Waals surface area contributed by atoms with Crippen molar-refractivity contribution >= 4 is 28.5 Å². The van der Waals surface area contributed by atoms with Gasteiger partial charge in [0.1, 0.15) is 11.5 Å². The SMILES string of the molecule is O=C(c1ccc2cc[nH]c2c1)N1CCC2(CC1)CCN(c1cccc(C(F)(F)F)n1)C2=O.[HH]. The number of rotatable bonds is 2. The van der Waals surface area contributed by atoms with E-state index < -0.39 is 17.3 Å². The van der Waals surface area contributed by atoms with Gasteiger partial charge < -0.3 is 9.88 Å². The smallest absolute Gasteiger partial charge is 0.361 e. The first-order chi connectivity index (χ1) is 15.3. The Labute approximate surface area is 183 Å². The van der Waals surface area contributed by atoms with Gasteiger partial charge >= 0.3 is 6.18 Å². The molecule has 0 unspecified atom stereocenters. The number of nitrogens with one attached hydrogen (secondary N) is 1. The van der Waals surface area contributed by atoms with Crippen molar-refractivity contribution in [2.24, 2.45) is 5.41 Å². The molecule has 1 aromatic carbocycles. The number of nitrogens with zero attached hydrogens (tertiary/aromatic N) is 3. The molecule has 2 aromatic heterocycles. The quantitative estimate of drug-likeness (QED) is 0.633. The summed E-state index contributed by atoms with van der Waals surface area (Å²) in [7, 11) is 0. The number of anilines is 1. The van der Waals surface area contributed by atoms with Crippen molar-refractivity contribution in [2.45, 2.75) is 25.4 Å². The van der Waals surface area contributed by atoms with E-state index in [0.717, 1.165) is 17.0 Å². The maximum atomic E-state index is 13.2. The van der Waals surface area contributed by atoms with Crippen LogP contribution in [0.1, 0.15) is 36.7 Å². The molecular formula is C23H23F3N4O2. The van der Waals surface area contributed by atoms with Crippen molar-refractivity contribution in [3.63, 3.8) is 0 Å². The lowest BCUT2D eigenvalue weighted by molar-refractivity contribution is -0.141. The molecule has 4 heterocycles. The summed E-state index contributed by atoms with van der Waals surface area (Å²) in [6.45, 7) is 1.18. The van der Waals surface area contributed by atoms with Crippen molar-refractivity contribution < 1.29 is 24.2 Å². The number of likely N-dealkylation sites (tertiary alicyclic amines) is 1. The van der Waals surface area contributed by atoms with Gasteiger partial charge in [-0.05, 0) is 55.0 Å². The van der Waals surface area contributed by atoms with Gasteiger partial charge in [-0.1, -0.05) is 12.1 Å². The minimum absolute atomic E-state index is 0. The molecule has 2 aliphatic heterocycles. The number of alkyl halides is 3. The number of aromatic nitrogens is 2.